The Morgan fingerprint density at radius 2 is 2.42 bits per heavy atom. The van der Waals surface area contributed by atoms with Gasteiger partial charge in [-0.15, -0.1) is 11.3 Å². The molecule has 3 heteroatoms. The van der Waals surface area contributed by atoms with Gasteiger partial charge >= 0.3 is 0 Å². The summed E-state index contributed by atoms with van der Waals surface area (Å²) in [5.41, 5.74) is 6.22. The lowest BCUT2D eigenvalue weighted by Crippen LogP contribution is -1.95. The van der Waals surface area contributed by atoms with Crippen LogP contribution in [0, 0.1) is 11.8 Å². The molecule has 1 aromatic rings. The van der Waals surface area contributed by atoms with Crippen LogP contribution in [0.1, 0.15) is 16.9 Å². The van der Waals surface area contributed by atoms with Crippen LogP contribution in [0.2, 0.25) is 0 Å². The van der Waals surface area contributed by atoms with Gasteiger partial charge in [-0.25, -0.2) is 0 Å². The molecule has 0 amide bonds. The molecule has 0 radical (unpaired) electrons. The Morgan fingerprint density at radius 3 is 3.08 bits per heavy atom. The Morgan fingerprint density at radius 1 is 1.58 bits per heavy atom. The minimum atomic E-state index is 0.0737. The van der Waals surface area contributed by atoms with Gasteiger partial charge in [-0.2, -0.15) is 0 Å². The van der Waals surface area contributed by atoms with Gasteiger partial charge in [0.25, 0.3) is 0 Å². The summed E-state index contributed by atoms with van der Waals surface area (Å²) in [5, 5.41) is 10.8. The van der Waals surface area contributed by atoms with Crippen molar-refractivity contribution in [2.45, 2.75) is 13.0 Å². The fourth-order valence-electron chi connectivity index (χ4n) is 0.804. The van der Waals surface area contributed by atoms with E-state index >= 15 is 0 Å². The van der Waals surface area contributed by atoms with Crippen molar-refractivity contribution in [1.82, 2.24) is 0 Å². The van der Waals surface area contributed by atoms with Gasteiger partial charge in [-0.05, 0) is 11.4 Å². The number of hydrogen-bond acceptors (Lipinski definition) is 3. The van der Waals surface area contributed by atoms with E-state index in [9.17, 15) is 0 Å². The van der Waals surface area contributed by atoms with Gasteiger partial charge in [0.15, 0.2) is 0 Å². The molecular weight excluding hydrogens is 170 g/mol. The molecule has 3 N–H and O–H groups in total. The molecule has 0 aromatic carbocycles. The second kappa shape index (κ2) is 4.94. The third-order valence-electron chi connectivity index (χ3n) is 1.38. The zero-order valence-electron chi connectivity index (χ0n) is 6.71. The first-order valence-electron chi connectivity index (χ1n) is 3.74. The van der Waals surface area contributed by atoms with Crippen molar-refractivity contribution in [3.63, 3.8) is 0 Å². The second-order valence-corrected chi connectivity index (χ2v) is 3.26. The average molecular weight is 181 g/mol. The van der Waals surface area contributed by atoms with E-state index in [1.165, 1.54) is 11.3 Å². The van der Waals surface area contributed by atoms with Gasteiger partial charge in [0.1, 0.15) is 0 Å². The maximum atomic E-state index is 8.88. The van der Waals surface area contributed by atoms with E-state index < -0.39 is 0 Å². The Balaban J connectivity index is 2.69. The monoisotopic (exact) mass is 181 g/mol. The van der Waals surface area contributed by atoms with Crippen LogP contribution in [0.5, 0.6) is 0 Å². The van der Waals surface area contributed by atoms with Crippen LogP contribution >= 0.6 is 11.3 Å². The maximum Gasteiger partial charge on any atom is 0.0787 e. The van der Waals surface area contributed by atoms with Crippen molar-refractivity contribution in [2.75, 3.05) is 6.54 Å². The Labute approximate surface area is 76.0 Å². The minimum Gasteiger partial charge on any atom is -0.391 e. The van der Waals surface area contributed by atoms with Crippen molar-refractivity contribution in [3.05, 3.63) is 21.9 Å². The molecule has 0 spiro atoms. The number of thiophene rings is 1. The number of aliphatic hydroxyl groups is 1. The van der Waals surface area contributed by atoms with Gasteiger partial charge in [-0.1, -0.05) is 11.8 Å². The van der Waals surface area contributed by atoms with Crippen molar-refractivity contribution in [2.24, 2.45) is 5.73 Å². The molecule has 1 aromatic heterocycles. The van der Waals surface area contributed by atoms with Crippen molar-refractivity contribution in [1.29, 1.82) is 0 Å². The molecular formula is C9H11NOS. The molecule has 0 unspecified atom stereocenters. The first-order valence-corrected chi connectivity index (χ1v) is 4.62. The summed E-state index contributed by atoms with van der Waals surface area (Å²) < 4.78 is 0. The Hall–Kier alpha value is -0.820. The summed E-state index contributed by atoms with van der Waals surface area (Å²) >= 11 is 1.52. The molecule has 2 nitrogen and oxygen atoms in total. The largest absolute Gasteiger partial charge is 0.391 e. The standard InChI is InChI=1S/C9H11NOS/c10-5-2-1-3-8-4-6-12-9(8)7-11/h4,6,11H,2,5,7,10H2. The average Bonchev–Trinajstić information content (AvgIpc) is 2.52. The van der Waals surface area contributed by atoms with Crippen molar-refractivity contribution < 1.29 is 5.11 Å². The minimum absolute atomic E-state index is 0.0737. The predicted octanol–water partition coefficient (Wildman–Crippen LogP) is 0.941. The van der Waals surface area contributed by atoms with Gasteiger partial charge in [0.2, 0.25) is 0 Å². The van der Waals surface area contributed by atoms with Gasteiger partial charge in [0, 0.05) is 23.4 Å². The highest BCUT2D eigenvalue weighted by Crippen LogP contribution is 2.14. The second-order valence-electron chi connectivity index (χ2n) is 2.26. The van der Waals surface area contributed by atoms with E-state index in [1.54, 1.807) is 0 Å². The normalized spacial score (nSPS) is 9.17. The highest BCUT2D eigenvalue weighted by molar-refractivity contribution is 7.10. The van der Waals surface area contributed by atoms with Crippen LogP contribution < -0.4 is 5.73 Å². The van der Waals surface area contributed by atoms with E-state index in [2.05, 4.69) is 11.8 Å². The number of hydrogen-bond donors (Lipinski definition) is 2. The maximum absolute atomic E-state index is 8.88. The Kier molecular flexibility index (Phi) is 3.81. The van der Waals surface area contributed by atoms with E-state index in [4.69, 9.17) is 10.8 Å². The van der Waals surface area contributed by atoms with Gasteiger partial charge in [0.05, 0.1) is 6.61 Å². The van der Waals surface area contributed by atoms with Crippen LogP contribution in [0.15, 0.2) is 11.4 Å². The summed E-state index contributed by atoms with van der Waals surface area (Å²) in [6.07, 6.45) is 0.709. The van der Waals surface area contributed by atoms with Crippen molar-refractivity contribution in [3.8, 4) is 11.8 Å². The predicted molar refractivity (Wildman–Crippen MR) is 50.8 cm³/mol. The van der Waals surface area contributed by atoms with Crippen molar-refractivity contribution >= 4 is 11.3 Å². The van der Waals surface area contributed by atoms with Crippen LogP contribution in [-0.2, 0) is 6.61 Å². The quantitative estimate of drug-likeness (QED) is 0.667. The highest BCUT2D eigenvalue weighted by atomic mass is 32.1. The zero-order chi connectivity index (χ0) is 8.81. The zero-order valence-corrected chi connectivity index (χ0v) is 7.53. The number of nitrogens with two attached hydrogens (primary N) is 1. The molecule has 0 saturated carbocycles. The highest BCUT2D eigenvalue weighted by Gasteiger charge is 1.97. The molecule has 0 aliphatic rings. The summed E-state index contributed by atoms with van der Waals surface area (Å²) in [7, 11) is 0. The summed E-state index contributed by atoms with van der Waals surface area (Å²) in [6.45, 7) is 0.663. The summed E-state index contributed by atoms with van der Waals surface area (Å²) in [6, 6.07) is 1.92. The van der Waals surface area contributed by atoms with Crippen LogP contribution in [0.4, 0.5) is 0 Å². The lowest BCUT2D eigenvalue weighted by Gasteiger charge is -1.88. The van der Waals surface area contributed by atoms with Gasteiger partial charge in [-0.3, -0.25) is 0 Å². The van der Waals surface area contributed by atoms with Gasteiger partial charge < -0.3 is 10.8 Å². The molecule has 1 rings (SSSR count). The summed E-state index contributed by atoms with van der Waals surface area (Å²) in [5.74, 6) is 5.90. The number of aliphatic hydroxyl groups excluding tert-OH is 1. The molecule has 0 saturated heterocycles. The van der Waals surface area contributed by atoms with Crippen LogP contribution in [-0.4, -0.2) is 11.7 Å². The van der Waals surface area contributed by atoms with E-state index in [1.807, 2.05) is 11.4 Å². The lowest BCUT2D eigenvalue weighted by atomic mass is 10.2. The molecule has 0 aliphatic heterocycles. The first kappa shape index (κ1) is 9.27. The molecule has 0 atom stereocenters. The lowest BCUT2D eigenvalue weighted by molar-refractivity contribution is 0.285. The third kappa shape index (κ3) is 2.35. The third-order valence-corrected chi connectivity index (χ3v) is 2.29. The molecule has 12 heavy (non-hydrogen) atoms. The Bertz CT molecular complexity index is 295. The molecule has 64 valence electrons. The van der Waals surface area contributed by atoms with E-state index in [-0.39, 0.29) is 6.61 Å². The molecule has 0 bridgehead atoms. The SMILES string of the molecule is NCCC#Cc1ccsc1CO. The van der Waals surface area contributed by atoms with E-state index in [0.717, 1.165) is 10.4 Å². The van der Waals surface area contributed by atoms with Crippen LogP contribution in [0.3, 0.4) is 0 Å². The fraction of sp³-hybridized carbons (Fsp3) is 0.333. The first-order chi connectivity index (χ1) is 5.88. The smallest absolute Gasteiger partial charge is 0.0787 e. The van der Waals surface area contributed by atoms with E-state index in [0.29, 0.717) is 13.0 Å². The fourth-order valence-corrected chi connectivity index (χ4v) is 1.49. The van der Waals surface area contributed by atoms with Crippen LogP contribution in [0.25, 0.3) is 0 Å². The number of rotatable bonds is 2. The molecule has 0 fully saturated rings. The summed E-state index contributed by atoms with van der Waals surface area (Å²) in [4.78, 5) is 0.930. The topological polar surface area (TPSA) is 46.2 Å². The molecule has 1 heterocycles. The molecule has 0 aliphatic carbocycles.